The minimum Gasteiger partial charge on any atom is -0.393 e. The van der Waals surface area contributed by atoms with Crippen molar-refractivity contribution in [1.82, 2.24) is 9.80 Å². The first kappa shape index (κ1) is 18.9. The van der Waals surface area contributed by atoms with Crippen LogP contribution in [0.25, 0.3) is 0 Å². The minimum atomic E-state index is -0.107. The summed E-state index contributed by atoms with van der Waals surface area (Å²) >= 11 is 0. The minimum absolute atomic E-state index is 0.107. The van der Waals surface area contributed by atoms with Gasteiger partial charge in [0.25, 0.3) is 0 Å². The molecule has 0 spiro atoms. The maximum Gasteiger partial charge on any atom is 0.0555 e. The Morgan fingerprint density at radius 2 is 1.57 bits per heavy atom. The molecule has 1 rings (SSSR count). The summed E-state index contributed by atoms with van der Waals surface area (Å²) in [5, 5.41) is 10.2. The van der Waals surface area contributed by atoms with Crippen LogP contribution >= 0.6 is 0 Å². The summed E-state index contributed by atoms with van der Waals surface area (Å²) in [5.41, 5.74) is 0. The molecule has 0 aliphatic carbocycles. The quantitative estimate of drug-likeness (QED) is 0.591. The van der Waals surface area contributed by atoms with Crippen molar-refractivity contribution >= 4 is 0 Å². The van der Waals surface area contributed by atoms with Crippen LogP contribution in [-0.2, 0) is 0 Å². The second kappa shape index (κ2) is 11.4. The van der Waals surface area contributed by atoms with E-state index >= 15 is 0 Å². The standard InChI is InChI=1S/C18H38N2O/c1-4-5-6-7-8-9-10-11-12-18(21)15-17-16-19(2)13-14-20(17)3/h17-18,21H,4-16H2,1-3H3. The Hall–Kier alpha value is -0.120. The molecule has 0 aromatic heterocycles. The van der Waals surface area contributed by atoms with E-state index in [0.717, 1.165) is 32.5 Å². The van der Waals surface area contributed by atoms with E-state index in [1.165, 1.54) is 51.4 Å². The zero-order chi connectivity index (χ0) is 15.5. The lowest BCUT2D eigenvalue weighted by molar-refractivity contribution is 0.0594. The Balaban J connectivity index is 1.99. The summed E-state index contributed by atoms with van der Waals surface area (Å²) in [4.78, 5) is 4.80. The highest BCUT2D eigenvalue weighted by Crippen LogP contribution is 2.16. The first-order valence-electron chi connectivity index (χ1n) is 9.20. The lowest BCUT2D eigenvalue weighted by Gasteiger charge is -2.38. The van der Waals surface area contributed by atoms with Crippen molar-refractivity contribution < 1.29 is 5.11 Å². The molecular weight excluding hydrogens is 260 g/mol. The number of nitrogens with zero attached hydrogens (tertiary/aromatic N) is 2. The zero-order valence-electron chi connectivity index (χ0n) is 14.7. The van der Waals surface area contributed by atoms with Crippen molar-refractivity contribution in [2.75, 3.05) is 33.7 Å². The average molecular weight is 299 g/mol. The van der Waals surface area contributed by atoms with Crippen molar-refractivity contribution in [2.24, 2.45) is 0 Å². The molecule has 0 aromatic rings. The Morgan fingerprint density at radius 3 is 2.24 bits per heavy atom. The van der Waals surface area contributed by atoms with E-state index < -0.39 is 0 Å². The van der Waals surface area contributed by atoms with Crippen LogP contribution in [0.2, 0.25) is 0 Å². The van der Waals surface area contributed by atoms with Gasteiger partial charge in [-0.3, -0.25) is 0 Å². The Morgan fingerprint density at radius 1 is 0.952 bits per heavy atom. The van der Waals surface area contributed by atoms with Gasteiger partial charge < -0.3 is 14.9 Å². The SMILES string of the molecule is CCCCCCCCCCC(O)CC1CN(C)CCN1C. The van der Waals surface area contributed by atoms with Gasteiger partial charge in [-0.05, 0) is 26.9 Å². The van der Waals surface area contributed by atoms with Crippen LogP contribution in [0.5, 0.6) is 0 Å². The molecule has 1 heterocycles. The van der Waals surface area contributed by atoms with Gasteiger partial charge in [0.1, 0.15) is 0 Å². The van der Waals surface area contributed by atoms with Gasteiger partial charge in [0.15, 0.2) is 0 Å². The topological polar surface area (TPSA) is 26.7 Å². The first-order chi connectivity index (χ1) is 10.1. The van der Waals surface area contributed by atoms with E-state index in [0.29, 0.717) is 6.04 Å². The summed E-state index contributed by atoms with van der Waals surface area (Å²) < 4.78 is 0. The van der Waals surface area contributed by atoms with Gasteiger partial charge in [0.05, 0.1) is 6.10 Å². The number of aliphatic hydroxyl groups excluding tert-OH is 1. The number of rotatable bonds is 11. The van der Waals surface area contributed by atoms with E-state index in [1.807, 2.05) is 0 Å². The number of likely N-dealkylation sites (N-methyl/N-ethyl adjacent to an activating group) is 2. The molecular formula is C18H38N2O. The molecule has 0 radical (unpaired) electrons. The molecule has 3 heteroatoms. The molecule has 1 fully saturated rings. The second-order valence-corrected chi connectivity index (χ2v) is 7.05. The molecule has 1 N–H and O–H groups in total. The van der Waals surface area contributed by atoms with Crippen molar-refractivity contribution in [1.29, 1.82) is 0 Å². The van der Waals surface area contributed by atoms with Crippen LogP contribution in [0.3, 0.4) is 0 Å². The molecule has 1 aliphatic rings. The monoisotopic (exact) mass is 298 g/mol. The van der Waals surface area contributed by atoms with Crippen molar-refractivity contribution in [3.63, 3.8) is 0 Å². The van der Waals surface area contributed by atoms with Gasteiger partial charge in [-0.2, -0.15) is 0 Å². The summed E-state index contributed by atoms with van der Waals surface area (Å²) in [7, 11) is 4.38. The van der Waals surface area contributed by atoms with E-state index in [4.69, 9.17) is 0 Å². The van der Waals surface area contributed by atoms with Gasteiger partial charge >= 0.3 is 0 Å². The molecule has 21 heavy (non-hydrogen) atoms. The third kappa shape index (κ3) is 8.80. The smallest absolute Gasteiger partial charge is 0.0555 e. The molecule has 0 amide bonds. The zero-order valence-corrected chi connectivity index (χ0v) is 14.7. The summed E-state index contributed by atoms with van der Waals surface area (Å²) in [5.74, 6) is 0. The normalized spacial score (nSPS) is 22.6. The third-order valence-electron chi connectivity index (χ3n) is 4.92. The summed E-state index contributed by atoms with van der Waals surface area (Å²) in [6.45, 7) is 5.65. The molecule has 0 aromatic carbocycles. The summed E-state index contributed by atoms with van der Waals surface area (Å²) in [6.07, 6.45) is 12.6. The van der Waals surface area contributed by atoms with E-state index in [2.05, 4.69) is 30.8 Å². The first-order valence-corrected chi connectivity index (χ1v) is 9.20. The fourth-order valence-corrected chi connectivity index (χ4v) is 3.30. The molecule has 0 bridgehead atoms. The fraction of sp³-hybridized carbons (Fsp3) is 1.00. The van der Waals surface area contributed by atoms with E-state index in [9.17, 15) is 5.11 Å². The van der Waals surface area contributed by atoms with E-state index in [-0.39, 0.29) is 6.10 Å². The maximum absolute atomic E-state index is 10.2. The molecule has 2 unspecified atom stereocenters. The van der Waals surface area contributed by atoms with Gasteiger partial charge in [-0.15, -0.1) is 0 Å². The van der Waals surface area contributed by atoms with Crippen LogP contribution in [0.15, 0.2) is 0 Å². The highest BCUT2D eigenvalue weighted by molar-refractivity contribution is 4.80. The van der Waals surface area contributed by atoms with E-state index in [1.54, 1.807) is 0 Å². The number of hydrogen-bond acceptors (Lipinski definition) is 3. The van der Waals surface area contributed by atoms with Crippen LogP contribution in [-0.4, -0.2) is 60.8 Å². The molecule has 1 aliphatic heterocycles. The van der Waals surface area contributed by atoms with Gasteiger partial charge in [-0.1, -0.05) is 58.3 Å². The van der Waals surface area contributed by atoms with Crippen molar-refractivity contribution in [3.8, 4) is 0 Å². The predicted octanol–water partition coefficient (Wildman–Crippen LogP) is 3.51. The Kier molecular flexibility index (Phi) is 10.3. The largest absolute Gasteiger partial charge is 0.393 e. The van der Waals surface area contributed by atoms with Gasteiger partial charge in [-0.25, -0.2) is 0 Å². The van der Waals surface area contributed by atoms with Crippen molar-refractivity contribution in [3.05, 3.63) is 0 Å². The molecule has 2 atom stereocenters. The predicted molar refractivity (Wildman–Crippen MR) is 91.8 cm³/mol. The van der Waals surface area contributed by atoms with Crippen molar-refractivity contribution in [2.45, 2.75) is 83.3 Å². The number of piperazine rings is 1. The Bertz CT molecular complexity index is 247. The van der Waals surface area contributed by atoms with Gasteiger partial charge in [0, 0.05) is 25.7 Å². The highest BCUT2D eigenvalue weighted by atomic mass is 16.3. The van der Waals surface area contributed by atoms with Crippen LogP contribution in [0, 0.1) is 0 Å². The van der Waals surface area contributed by atoms with Crippen LogP contribution < -0.4 is 0 Å². The number of unbranched alkanes of at least 4 members (excludes halogenated alkanes) is 7. The number of hydrogen-bond donors (Lipinski definition) is 1. The number of aliphatic hydroxyl groups is 1. The summed E-state index contributed by atoms with van der Waals surface area (Å²) in [6, 6.07) is 0.535. The lowest BCUT2D eigenvalue weighted by Crippen LogP contribution is -2.50. The molecule has 0 saturated carbocycles. The lowest BCUT2D eigenvalue weighted by atomic mass is 10.00. The van der Waals surface area contributed by atoms with Crippen LogP contribution in [0.4, 0.5) is 0 Å². The van der Waals surface area contributed by atoms with Crippen LogP contribution in [0.1, 0.15) is 71.1 Å². The van der Waals surface area contributed by atoms with Gasteiger partial charge in [0.2, 0.25) is 0 Å². The Labute approximate surface area is 132 Å². The molecule has 126 valence electrons. The average Bonchev–Trinajstić information content (AvgIpc) is 2.46. The third-order valence-corrected chi connectivity index (χ3v) is 4.92. The fourth-order valence-electron chi connectivity index (χ4n) is 3.30. The second-order valence-electron chi connectivity index (χ2n) is 7.05. The molecule has 1 saturated heterocycles. The highest BCUT2D eigenvalue weighted by Gasteiger charge is 2.24. The maximum atomic E-state index is 10.2. The molecule has 3 nitrogen and oxygen atoms in total.